The van der Waals surface area contributed by atoms with Crippen molar-refractivity contribution in [1.29, 1.82) is 5.26 Å². The first-order valence-corrected chi connectivity index (χ1v) is 8.85. The average molecular weight is 449 g/mol. The minimum Gasteiger partial charge on any atom is -0.294 e. The monoisotopic (exact) mass is 449 g/mol. The van der Waals surface area contributed by atoms with Crippen molar-refractivity contribution in [3.05, 3.63) is 69.5 Å². The van der Waals surface area contributed by atoms with Gasteiger partial charge in [-0.2, -0.15) is 31.6 Å². The predicted octanol–water partition coefficient (Wildman–Crippen LogP) is 6.28. The van der Waals surface area contributed by atoms with Gasteiger partial charge in [0.2, 0.25) is 0 Å². The summed E-state index contributed by atoms with van der Waals surface area (Å²) in [7, 11) is 0. The van der Waals surface area contributed by atoms with Crippen molar-refractivity contribution in [1.82, 2.24) is 0 Å². The van der Waals surface area contributed by atoms with Gasteiger partial charge in [0.1, 0.15) is 11.9 Å². The second-order valence-corrected chi connectivity index (χ2v) is 6.84. The lowest BCUT2D eigenvalue weighted by Gasteiger charge is -2.31. The lowest BCUT2D eigenvalue weighted by molar-refractivity contribution is -0.348. The van der Waals surface area contributed by atoms with Gasteiger partial charge in [0.25, 0.3) is 0 Å². The molecule has 31 heavy (non-hydrogen) atoms. The van der Waals surface area contributed by atoms with Gasteiger partial charge in [-0.15, -0.1) is 0 Å². The third-order valence-corrected chi connectivity index (χ3v) is 4.87. The third-order valence-electron chi connectivity index (χ3n) is 4.87. The molecule has 0 unspecified atom stereocenters. The zero-order valence-corrected chi connectivity index (χ0v) is 16.2. The average Bonchev–Trinajstić information content (AvgIpc) is 2.67. The second-order valence-electron chi connectivity index (χ2n) is 6.84. The Morgan fingerprint density at radius 3 is 2.06 bits per heavy atom. The molecule has 0 N–H and O–H groups in total. The molecule has 2 aromatic carbocycles. The van der Waals surface area contributed by atoms with Crippen LogP contribution >= 0.6 is 0 Å². The molecule has 0 aliphatic carbocycles. The summed E-state index contributed by atoms with van der Waals surface area (Å²) >= 11 is 0. The first-order chi connectivity index (χ1) is 14.2. The van der Waals surface area contributed by atoms with Crippen molar-refractivity contribution < 1.29 is 39.9 Å². The number of Topliss-reactive ketones (excluding diaryl/α,β-unsaturated/α-hetero) is 1. The molecule has 0 fully saturated rings. The lowest BCUT2D eigenvalue weighted by atomic mass is 9.86. The highest BCUT2D eigenvalue weighted by molar-refractivity contribution is 5.98. The zero-order valence-electron chi connectivity index (χ0n) is 16.2. The summed E-state index contributed by atoms with van der Waals surface area (Å²) in [5, 5.41) is 8.86. The van der Waals surface area contributed by atoms with E-state index in [0.29, 0.717) is 12.1 Å². The molecule has 0 amide bonds. The number of nitrogens with zero attached hydrogens (tertiary/aromatic N) is 1. The van der Waals surface area contributed by atoms with E-state index < -0.39 is 47.2 Å². The normalized spacial score (nSPS) is 12.5. The number of carbonyl (C=O) groups is 1. The molecule has 2 aromatic rings. The van der Waals surface area contributed by atoms with Crippen molar-refractivity contribution in [2.24, 2.45) is 0 Å². The number of aryl methyl sites for hydroxylation is 2. The summed E-state index contributed by atoms with van der Waals surface area (Å²) in [5.41, 5.74) is -7.73. The van der Waals surface area contributed by atoms with Crippen LogP contribution in [-0.4, -0.2) is 18.1 Å². The maximum Gasteiger partial charge on any atom is 0.435 e. The summed E-state index contributed by atoms with van der Waals surface area (Å²) in [6, 6.07) is 5.44. The molecule has 0 radical (unpaired) electrons. The Hall–Kier alpha value is -2.96. The van der Waals surface area contributed by atoms with Gasteiger partial charge >= 0.3 is 18.0 Å². The maximum atomic E-state index is 14.4. The molecule has 0 saturated carbocycles. The van der Waals surface area contributed by atoms with Crippen molar-refractivity contribution in [3.63, 3.8) is 0 Å². The number of benzene rings is 2. The van der Waals surface area contributed by atoms with Crippen LogP contribution in [-0.2, 0) is 18.5 Å². The Bertz CT molecular complexity index is 1030. The van der Waals surface area contributed by atoms with Crippen LogP contribution in [0.15, 0.2) is 30.3 Å². The SMILES string of the molecule is CCc1cc(C(F)(C(F)(F)F)C(F)(F)F)cc(C)c1CC(=O)c1ccc(F)c(C#N)c1. The van der Waals surface area contributed by atoms with Crippen LogP contribution in [0.1, 0.15) is 45.1 Å². The number of ketones is 1. The molecular weight excluding hydrogens is 434 g/mol. The van der Waals surface area contributed by atoms with Crippen LogP contribution in [0.25, 0.3) is 0 Å². The molecule has 2 nitrogen and oxygen atoms in total. The fourth-order valence-electron chi connectivity index (χ4n) is 3.19. The summed E-state index contributed by atoms with van der Waals surface area (Å²) in [5.74, 6) is -1.49. The number of halogens is 8. The van der Waals surface area contributed by atoms with Crippen LogP contribution in [0.5, 0.6) is 0 Å². The van der Waals surface area contributed by atoms with Crippen LogP contribution < -0.4 is 0 Å². The van der Waals surface area contributed by atoms with Crippen molar-refractivity contribution in [3.8, 4) is 6.07 Å². The quantitative estimate of drug-likeness (QED) is 0.398. The van der Waals surface area contributed by atoms with Crippen LogP contribution in [0, 0.1) is 24.1 Å². The van der Waals surface area contributed by atoms with Gasteiger partial charge in [-0.1, -0.05) is 19.1 Å². The fraction of sp³-hybridized carbons (Fsp3) is 0.333. The van der Waals surface area contributed by atoms with E-state index in [-0.39, 0.29) is 28.7 Å². The molecular formula is C21H15F8NO. The van der Waals surface area contributed by atoms with Gasteiger partial charge < -0.3 is 0 Å². The zero-order chi connectivity index (χ0) is 23.8. The minimum absolute atomic E-state index is 0.0612. The second kappa shape index (κ2) is 8.29. The van der Waals surface area contributed by atoms with E-state index in [0.717, 1.165) is 18.2 Å². The summed E-state index contributed by atoms with van der Waals surface area (Å²) in [4.78, 5) is 12.5. The van der Waals surface area contributed by atoms with E-state index in [1.807, 2.05) is 0 Å². The summed E-state index contributed by atoms with van der Waals surface area (Å²) < 4.78 is 106. The molecule has 0 aromatic heterocycles. The van der Waals surface area contributed by atoms with Gasteiger partial charge in [-0.3, -0.25) is 4.79 Å². The Morgan fingerprint density at radius 1 is 1.00 bits per heavy atom. The Kier molecular flexibility index (Phi) is 6.50. The van der Waals surface area contributed by atoms with Gasteiger partial charge in [-0.25, -0.2) is 8.78 Å². The highest BCUT2D eigenvalue weighted by Crippen LogP contribution is 2.53. The standard InChI is InChI=1S/C21H15F8NO/c1-3-12-8-15(19(23,20(24,25)26)21(27,28)29)6-11(2)16(12)9-18(31)13-4-5-17(22)14(7-13)10-30/h4-8H,3,9H2,1-2H3. The highest BCUT2D eigenvalue weighted by Gasteiger charge is 2.73. The summed E-state index contributed by atoms with van der Waals surface area (Å²) in [6.45, 7) is 2.60. The van der Waals surface area contributed by atoms with E-state index in [9.17, 15) is 39.9 Å². The highest BCUT2D eigenvalue weighted by atomic mass is 19.4. The van der Waals surface area contributed by atoms with E-state index in [1.165, 1.54) is 13.8 Å². The number of nitriles is 1. The van der Waals surface area contributed by atoms with Crippen molar-refractivity contribution in [2.75, 3.05) is 0 Å². The third kappa shape index (κ3) is 4.40. The largest absolute Gasteiger partial charge is 0.435 e. The summed E-state index contributed by atoms with van der Waals surface area (Å²) in [6.07, 6.45) is -13.0. The molecule has 0 aliphatic heterocycles. The smallest absolute Gasteiger partial charge is 0.294 e. The molecule has 0 bridgehead atoms. The Balaban J connectivity index is 2.56. The topological polar surface area (TPSA) is 40.9 Å². The Morgan fingerprint density at radius 2 is 1.58 bits per heavy atom. The maximum absolute atomic E-state index is 14.4. The van der Waals surface area contributed by atoms with Crippen molar-refractivity contribution in [2.45, 2.75) is 44.7 Å². The number of carbonyl (C=O) groups excluding carboxylic acids is 1. The molecule has 0 spiro atoms. The van der Waals surface area contributed by atoms with Gasteiger partial charge in [0, 0.05) is 17.5 Å². The van der Waals surface area contributed by atoms with E-state index in [4.69, 9.17) is 5.26 Å². The molecule has 0 atom stereocenters. The van der Waals surface area contributed by atoms with E-state index in [2.05, 4.69) is 0 Å². The number of rotatable bonds is 5. The molecule has 0 saturated heterocycles. The predicted molar refractivity (Wildman–Crippen MR) is 94.6 cm³/mol. The van der Waals surface area contributed by atoms with Crippen LogP contribution in [0.4, 0.5) is 35.1 Å². The van der Waals surface area contributed by atoms with Crippen LogP contribution in [0.3, 0.4) is 0 Å². The van der Waals surface area contributed by atoms with E-state index >= 15 is 0 Å². The molecule has 0 heterocycles. The number of hydrogen-bond donors (Lipinski definition) is 0. The van der Waals surface area contributed by atoms with Crippen LogP contribution in [0.2, 0.25) is 0 Å². The number of alkyl halides is 7. The van der Waals surface area contributed by atoms with Gasteiger partial charge in [0.15, 0.2) is 5.78 Å². The van der Waals surface area contributed by atoms with Gasteiger partial charge in [0.05, 0.1) is 5.56 Å². The molecule has 166 valence electrons. The van der Waals surface area contributed by atoms with Gasteiger partial charge in [-0.05, 0) is 48.2 Å². The molecule has 10 heteroatoms. The molecule has 2 rings (SSSR count). The Labute approximate surface area is 172 Å². The first-order valence-electron chi connectivity index (χ1n) is 8.85. The van der Waals surface area contributed by atoms with E-state index in [1.54, 1.807) is 6.07 Å². The first kappa shape index (κ1) is 24.3. The fourth-order valence-corrected chi connectivity index (χ4v) is 3.19. The van der Waals surface area contributed by atoms with Crippen molar-refractivity contribution >= 4 is 5.78 Å². The molecule has 0 aliphatic rings. The lowest BCUT2D eigenvalue weighted by Crippen LogP contribution is -2.50. The minimum atomic E-state index is -6.25. The number of hydrogen-bond acceptors (Lipinski definition) is 2.